The molecule has 0 aliphatic carbocycles. The lowest BCUT2D eigenvalue weighted by Gasteiger charge is -2.29. The normalized spacial score (nSPS) is 19.6. The largest absolute Gasteiger partial charge is 0.493 e. The van der Waals surface area contributed by atoms with Gasteiger partial charge >= 0.3 is 0 Å². The molecule has 1 aliphatic rings. The van der Waals surface area contributed by atoms with Crippen LogP contribution >= 0.6 is 23.1 Å². The maximum absolute atomic E-state index is 5.41. The maximum atomic E-state index is 5.41. The van der Waals surface area contributed by atoms with Crippen molar-refractivity contribution in [2.45, 2.75) is 25.8 Å². The molecule has 3 rings (SSSR count). The van der Waals surface area contributed by atoms with Crippen molar-refractivity contribution in [1.29, 1.82) is 0 Å². The van der Waals surface area contributed by atoms with Gasteiger partial charge < -0.3 is 20.1 Å². The summed E-state index contributed by atoms with van der Waals surface area (Å²) in [5.41, 5.74) is 6.13. The zero-order chi connectivity index (χ0) is 17.3. The summed E-state index contributed by atoms with van der Waals surface area (Å²) in [6.45, 7) is 6.20. The summed E-state index contributed by atoms with van der Waals surface area (Å²) in [5.74, 6) is 1.44. The summed E-state index contributed by atoms with van der Waals surface area (Å²) in [7, 11) is 3.29. The Morgan fingerprint density at radius 2 is 1.88 bits per heavy atom. The Morgan fingerprint density at radius 3 is 2.50 bits per heavy atom. The van der Waals surface area contributed by atoms with E-state index in [0.29, 0.717) is 5.75 Å². The SMILES string of the molecule is COc1cc(C)c(NC2(C)NC(c3scnc3C)=CS2)cc1OC. The summed E-state index contributed by atoms with van der Waals surface area (Å²) in [4.78, 5) is 5.17. The molecule has 128 valence electrons. The molecule has 1 atom stereocenters. The van der Waals surface area contributed by atoms with Gasteiger partial charge in [0.2, 0.25) is 0 Å². The summed E-state index contributed by atoms with van der Waals surface area (Å²) < 4.78 is 10.8. The minimum Gasteiger partial charge on any atom is -0.493 e. The topological polar surface area (TPSA) is 55.4 Å². The molecule has 5 nitrogen and oxygen atoms in total. The Bertz CT molecular complexity index is 788. The number of aryl methyl sites for hydroxylation is 2. The molecule has 1 aromatic carbocycles. The highest BCUT2D eigenvalue weighted by Crippen LogP contribution is 2.40. The fourth-order valence-corrected chi connectivity index (χ4v) is 4.32. The van der Waals surface area contributed by atoms with Crippen LogP contribution in [0.15, 0.2) is 23.1 Å². The van der Waals surface area contributed by atoms with Crippen LogP contribution in [0.1, 0.15) is 23.1 Å². The molecule has 0 radical (unpaired) electrons. The fraction of sp³-hybridized carbons (Fsp3) is 0.353. The fourth-order valence-electron chi connectivity index (χ4n) is 2.60. The first-order valence-corrected chi connectivity index (χ1v) is 9.29. The smallest absolute Gasteiger partial charge is 0.162 e. The van der Waals surface area contributed by atoms with E-state index in [-0.39, 0.29) is 4.99 Å². The number of hydrogen-bond donors (Lipinski definition) is 2. The number of aromatic nitrogens is 1. The number of rotatable bonds is 5. The number of nitrogens with zero attached hydrogens (tertiary/aromatic N) is 1. The Kier molecular flexibility index (Phi) is 4.64. The van der Waals surface area contributed by atoms with Crippen molar-refractivity contribution >= 4 is 34.5 Å². The Labute approximate surface area is 150 Å². The van der Waals surface area contributed by atoms with Gasteiger partial charge in [-0.1, -0.05) is 11.8 Å². The molecule has 7 heteroatoms. The van der Waals surface area contributed by atoms with Gasteiger partial charge in [0.15, 0.2) is 16.5 Å². The molecule has 0 amide bonds. The lowest BCUT2D eigenvalue weighted by atomic mass is 10.1. The van der Waals surface area contributed by atoms with Crippen molar-refractivity contribution in [2.24, 2.45) is 0 Å². The first-order valence-electron chi connectivity index (χ1n) is 7.53. The zero-order valence-electron chi connectivity index (χ0n) is 14.4. The van der Waals surface area contributed by atoms with Gasteiger partial charge in [-0.15, -0.1) is 11.3 Å². The summed E-state index contributed by atoms with van der Waals surface area (Å²) >= 11 is 3.36. The Balaban J connectivity index is 1.81. The number of thiazole rings is 1. The molecular formula is C17H21N3O2S2. The predicted molar refractivity (Wildman–Crippen MR) is 102 cm³/mol. The Hall–Kier alpha value is -1.86. The second-order valence-corrected chi connectivity index (χ2v) is 7.86. The second kappa shape index (κ2) is 6.57. The predicted octanol–water partition coefficient (Wildman–Crippen LogP) is 4.20. The molecule has 0 fully saturated rings. The van der Waals surface area contributed by atoms with E-state index < -0.39 is 0 Å². The van der Waals surface area contributed by atoms with Crippen molar-refractivity contribution in [3.8, 4) is 11.5 Å². The van der Waals surface area contributed by atoms with Gasteiger partial charge in [0.1, 0.15) is 0 Å². The molecule has 1 aromatic heterocycles. The van der Waals surface area contributed by atoms with E-state index in [1.54, 1.807) is 37.3 Å². The van der Waals surface area contributed by atoms with E-state index in [2.05, 4.69) is 34.9 Å². The van der Waals surface area contributed by atoms with Crippen molar-refractivity contribution in [1.82, 2.24) is 10.3 Å². The van der Waals surface area contributed by atoms with Crippen LogP contribution < -0.4 is 20.1 Å². The van der Waals surface area contributed by atoms with Crippen molar-refractivity contribution < 1.29 is 9.47 Å². The average molecular weight is 364 g/mol. The summed E-state index contributed by atoms with van der Waals surface area (Å²) in [5, 5.41) is 9.28. The molecule has 0 saturated carbocycles. The van der Waals surface area contributed by atoms with Gasteiger partial charge in [-0.05, 0) is 37.8 Å². The number of nitrogens with one attached hydrogen (secondary N) is 2. The monoisotopic (exact) mass is 363 g/mol. The number of anilines is 1. The molecular weight excluding hydrogens is 342 g/mol. The van der Waals surface area contributed by atoms with Crippen molar-refractivity contribution in [3.63, 3.8) is 0 Å². The molecule has 1 unspecified atom stereocenters. The molecule has 0 saturated heterocycles. The molecule has 0 bridgehead atoms. The van der Waals surface area contributed by atoms with Gasteiger partial charge in [-0.3, -0.25) is 0 Å². The number of methoxy groups -OCH3 is 2. The zero-order valence-corrected chi connectivity index (χ0v) is 16.0. The van der Waals surface area contributed by atoms with Crippen LogP contribution in [-0.2, 0) is 0 Å². The van der Waals surface area contributed by atoms with Crippen LogP contribution in [-0.4, -0.2) is 24.2 Å². The quantitative estimate of drug-likeness (QED) is 0.830. The van der Waals surface area contributed by atoms with Gasteiger partial charge in [-0.25, -0.2) is 4.98 Å². The third-order valence-electron chi connectivity index (χ3n) is 3.88. The first-order chi connectivity index (χ1) is 11.5. The van der Waals surface area contributed by atoms with Gasteiger partial charge in [0.05, 0.1) is 36.0 Å². The molecule has 2 aromatic rings. The van der Waals surface area contributed by atoms with Crippen LogP contribution in [0.2, 0.25) is 0 Å². The van der Waals surface area contributed by atoms with Crippen LogP contribution in [0.4, 0.5) is 5.69 Å². The molecule has 2 N–H and O–H groups in total. The first kappa shape index (κ1) is 17.0. The molecule has 2 heterocycles. The standard InChI is InChI=1S/C17H21N3O2S2/c1-10-6-14(21-4)15(22-5)7-12(10)19-17(3)20-13(8-24-17)16-11(2)18-9-23-16/h6-9,19-20H,1-5H3. The summed E-state index contributed by atoms with van der Waals surface area (Å²) in [6, 6.07) is 3.95. The second-order valence-electron chi connectivity index (χ2n) is 5.72. The molecule has 24 heavy (non-hydrogen) atoms. The van der Waals surface area contributed by atoms with E-state index in [4.69, 9.17) is 9.47 Å². The Morgan fingerprint density at radius 1 is 1.17 bits per heavy atom. The van der Waals surface area contributed by atoms with Crippen LogP contribution in [0, 0.1) is 13.8 Å². The van der Waals surface area contributed by atoms with Crippen LogP contribution in [0.3, 0.4) is 0 Å². The van der Waals surface area contributed by atoms with Gasteiger partial charge in [0.25, 0.3) is 0 Å². The van der Waals surface area contributed by atoms with E-state index in [9.17, 15) is 0 Å². The van der Waals surface area contributed by atoms with E-state index in [0.717, 1.165) is 28.4 Å². The third-order valence-corrected chi connectivity index (χ3v) is 5.87. The molecule has 0 spiro atoms. The highest BCUT2D eigenvalue weighted by molar-refractivity contribution is 8.04. The summed E-state index contributed by atoms with van der Waals surface area (Å²) in [6.07, 6.45) is 0. The number of ether oxygens (including phenoxy) is 2. The third kappa shape index (κ3) is 3.18. The maximum Gasteiger partial charge on any atom is 0.162 e. The lowest BCUT2D eigenvalue weighted by Crippen LogP contribution is -2.42. The van der Waals surface area contributed by atoms with E-state index in [1.807, 2.05) is 24.6 Å². The molecule has 1 aliphatic heterocycles. The number of hydrogen-bond acceptors (Lipinski definition) is 7. The van der Waals surface area contributed by atoms with Gasteiger partial charge in [-0.2, -0.15) is 0 Å². The van der Waals surface area contributed by atoms with Crippen LogP contribution in [0.5, 0.6) is 11.5 Å². The van der Waals surface area contributed by atoms with E-state index in [1.165, 1.54) is 4.88 Å². The van der Waals surface area contributed by atoms with Crippen molar-refractivity contribution in [3.05, 3.63) is 39.2 Å². The minimum atomic E-state index is -0.337. The van der Waals surface area contributed by atoms with Crippen LogP contribution in [0.25, 0.3) is 5.70 Å². The van der Waals surface area contributed by atoms with E-state index >= 15 is 0 Å². The van der Waals surface area contributed by atoms with Crippen molar-refractivity contribution in [2.75, 3.05) is 19.5 Å². The minimum absolute atomic E-state index is 0.337. The lowest BCUT2D eigenvalue weighted by molar-refractivity contribution is 0.355. The number of benzene rings is 1. The average Bonchev–Trinajstić information content (AvgIpc) is 3.15. The van der Waals surface area contributed by atoms with Gasteiger partial charge in [0, 0.05) is 11.8 Å². The number of thioether (sulfide) groups is 1. The highest BCUT2D eigenvalue weighted by Gasteiger charge is 2.32. The highest BCUT2D eigenvalue weighted by atomic mass is 32.2.